The zero-order chi connectivity index (χ0) is 13.2. The first kappa shape index (κ1) is 13.0. The van der Waals surface area contributed by atoms with Gasteiger partial charge in [-0.25, -0.2) is 4.98 Å². The zero-order valence-corrected chi connectivity index (χ0v) is 12.6. The highest BCUT2D eigenvalue weighted by Crippen LogP contribution is 2.24. The number of H-pyrrole nitrogens is 1. The maximum Gasteiger partial charge on any atom is 0.195 e. The van der Waals surface area contributed by atoms with Crippen LogP contribution in [0.25, 0.3) is 10.7 Å². The Hall–Kier alpha value is -1.05. The minimum Gasteiger partial charge on any atom is -0.303 e. The molecule has 0 aliphatic carbocycles. The minimum absolute atomic E-state index is 0.641. The predicted molar refractivity (Wildman–Crippen MR) is 78.9 cm³/mol. The molecule has 3 rings (SSSR count). The Morgan fingerprint density at radius 1 is 1.42 bits per heavy atom. The summed E-state index contributed by atoms with van der Waals surface area (Å²) in [5.74, 6) is 0.870. The lowest BCUT2D eigenvalue weighted by atomic mass is 10.4. The highest BCUT2D eigenvalue weighted by molar-refractivity contribution is 7.71. The Morgan fingerprint density at radius 2 is 2.21 bits per heavy atom. The summed E-state index contributed by atoms with van der Waals surface area (Å²) in [6.45, 7) is 3.60. The van der Waals surface area contributed by atoms with E-state index in [9.17, 15) is 0 Å². The van der Waals surface area contributed by atoms with Gasteiger partial charge < -0.3 is 9.47 Å². The molecule has 1 fully saturated rings. The molecule has 1 aliphatic heterocycles. The van der Waals surface area contributed by atoms with Crippen LogP contribution in [0.5, 0.6) is 0 Å². The molecule has 2 aromatic rings. The first-order valence-corrected chi connectivity index (χ1v) is 7.75. The maximum absolute atomic E-state index is 5.13. The molecule has 0 unspecified atom stereocenters. The molecule has 1 N–H and O–H groups in total. The number of nitrogens with one attached hydrogen (secondary N) is 1. The zero-order valence-electron chi connectivity index (χ0n) is 10.9. The first-order valence-electron chi connectivity index (χ1n) is 6.53. The maximum atomic E-state index is 5.13. The molecule has 0 saturated carbocycles. The molecule has 0 aromatic carbocycles. The van der Waals surface area contributed by atoms with Gasteiger partial charge in [-0.15, -0.1) is 11.3 Å². The van der Waals surface area contributed by atoms with Crippen LogP contribution in [0.1, 0.15) is 17.8 Å². The number of nitrogens with zero attached hydrogens (tertiary/aromatic N) is 4. The quantitative estimate of drug-likeness (QED) is 0.879. The Labute approximate surface area is 121 Å². The number of rotatable bonds is 4. The molecule has 2 aromatic heterocycles. The Kier molecular flexibility index (Phi) is 3.76. The SMILES string of the molecule is Cn1c(-c2cnc(CCN3CCCC3)s2)n[nH]c1=S. The van der Waals surface area contributed by atoms with E-state index in [0.717, 1.165) is 23.7 Å². The van der Waals surface area contributed by atoms with Crippen molar-refractivity contribution in [3.8, 4) is 10.7 Å². The second kappa shape index (κ2) is 5.52. The molecule has 5 nitrogen and oxygen atoms in total. The van der Waals surface area contributed by atoms with Crippen LogP contribution < -0.4 is 0 Å². The van der Waals surface area contributed by atoms with E-state index in [1.165, 1.54) is 30.9 Å². The van der Waals surface area contributed by atoms with Crippen LogP contribution in [0.3, 0.4) is 0 Å². The van der Waals surface area contributed by atoms with Crippen molar-refractivity contribution in [3.63, 3.8) is 0 Å². The highest BCUT2D eigenvalue weighted by atomic mass is 32.1. The molecule has 0 radical (unpaired) electrons. The summed E-state index contributed by atoms with van der Waals surface area (Å²) in [6, 6.07) is 0. The average Bonchev–Trinajstić information content (AvgIpc) is 3.11. The molecule has 102 valence electrons. The third-order valence-electron chi connectivity index (χ3n) is 3.49. The van der Waals surface area contributed by atoms with E-state index < -0.39 is 0 Å². The fourth-order valence-corrected chi connectivity index (χ4v) is 3.42. The fourth-order valence-electron chi connectivity index (χ4n) is 2.36. The highest BCUT2D eigenvalue weighted by Gasteiger charge is 2.13. The number of aromatic nitrogens is 4. The standard InChI is InChI=1S/C12H17N5S2/c1-16-11(14-15-12(16)18)9-8-13-10(19-9)4-7-17-5-2-3-6-17/h8H,2-7H2,1H3,(H,15,18). The number of hydrogen-bond donors (Lipinski definition) is 1. The monoisotopic (exact) mass is 295 g/mol. The molecule has 0 amide bonds. The Morgan fingerprint density at radius 3 is 2.89 bits per heavy atom. The predicted octanol–water partition coefficient (Wildman–Crippen LogP) is 2.24. The van der Waals surface area contributed by atoms with Gasteiger partial charge in [0.2, 0.25) is 0 Å². The molecule has 0 bridgehead atoms. The van der Waals surface area contributed by atoms with Crippen molar-refractivity contribution >= 4 is 23.6 Å². The second-order valence-corrected chi connectivity index (χ2v) is 6.33. The van der Waals surface area contributed by atoms with Crippen molar-refractivity contribution in [3.05, 3.63) is 16.0 Å². The number of likely N-dealkylation sites (tertiary alicyclic amines) is 1. The summed E-state index contributed by atoms with van der Waals surface area (Å²) < 4.78 is 2.52. The van der Waals surface area contributed by atoms with Crippen LogP contribution in [0.4, 0.5) is 0 Å². The van der Waals surface area contributed by atoms with Crippen molar-refractivity contribution in [2.24, 2.45) is 7.05 Å². The van der Waals surface area contributed by atoms with Gasteiger partial charge >= 0.3 is 0 Å². The molecule has 19 heavy (non-hydrogen) atoms. The summed E-state index contributed by atoms with van der Waals surface area (Å²) in [5.41, 5.74) is 0. The lowest BCUT2D eigenvalue weighted by Crippen LogP contribution is -2.21. The van der Waals surface area contributed by atoms with Crippen molar-refractivity contribution in [1.29, 1.82) is 0 Å². The topological polar surface area (TPSA) is 49.7 Å². The summed E-state index contributed by atoms with van der Waals surface area (Å²) in [5, 5.41) is 8.23. The van der Waals surface area contributed by atoms with E-state index >= 15 is 0 Å². The summed E-state index contributed by atoms with van der Waals surface area (Å²) in [7, 11) is 1.92. The van der Waals surface area contributed by atoms with E-state index in [-0.39, 0.29) is 0 Å². The third kappa shape index (κ3) is 2.77. The number of hydrogen-bond acceptors (Lipinski definition) is 5. The molecule has 1 saturated heterocycles. The van der Waals surface area contributed by atoms with Crippen LogP contribution in [-0.4, -0.2) is 44.3 Å². The van der Waals surface area contributed by atoms with Crippen LogP contribution >= 0.6 is 23.6 Å². The lowest BCUT2D eigenvalue weighted by Gasteiger charge is -2.12. The average molecular weight is 295 g/mol. The van der Waals surface area contributed by atoms with Crippen LogP contribution in [0.15, 0.2) is 6.20 Å². The molecule has 3 heterocycles. The van der Waals surface area contributed by atoms with Crippen LogP contribution in [0, 0.1) is 4.77 Å². The van der Waals surface area contributed by atoms with Crippen molar-refractivity contribution in [2.45, 2.75) is 19.3 Å². The van der Waals surface area contributed by atoms with Gasteiger partial charge in [-0.1, -0.05) is 0 Å². The summed E-state index contributed by atoms with van der Waals surface area (Å²) in [6.07, 6.45) is 5.61. The van der Waals surface area contributed by atoms with E-state index in [4.69, 9.17) is 12.2 Å². The number of thiazole rings is 1. The second-order valence-electron chi connectivity index (χ2n) is 4.83. The van der Waals surface area contributed by atoms with E-state index in [1.807, 2.05) is 17.8 Å². The minimum atomic E-state index is 0.641. The van der Waals surface area contributed by atoms with Crippen molar-refractivity contribution in [1.82, 2.24) is 24.6 Å². The molecular weight excluding hydrogens is 278 g/mol. The fraction of sp³-hybridized carbons (Fsp3) is 0.583. The third-order valence-corrected chi connectivity index (χ3v) is 4.91. The lowest BCUT2D eigenvalue weighted by molar-refractivity contribution is 0.343. The van der Waals surface area contributed by atoms with Crippen molar-refractivity contribution in [2.75, 3.05) is 19.6 Å². The van der Waals surface area contributed by atoms with Crippen LogP contribution in [-0.2, 0) is 13.5 Å². The summed E-state index contributed by atoms with van der Waals surface area (Å²) in [4.78, 5) is 8.08. The van der Waals surface area contributed by atoms with Crippen LogP contribution in [0.2, 0.25) is 0 Å². The van der Waals surface area contributed by atoms with Gasteiger partial charge in [-0.2, -0.15) is 5.10 Å². The van der Waals surface area contributed by atoms with Gasteiger partial charge in [0, 0.05) is 26.2 Å². The Bertz CT molecular complexity index is 606. The van der Waals surface area contributed by atoms with Gasteiger partial charge in [0.25, 0.3) is 0 Å². The van der Waals surface area contributed by atoms with Crippen molar-refractivity contribution < 1.29 is 0 Å². The molecule has 0 atom stereocenters. The molecule has 1 aliphatic rings. The molecule has 0 spiro atoms. The summed E-state index contributed by atoms with van der Waals surface area (Å²) >= 11 is 6.84. The van der Waals surface area contributed by atoms with Gasteiger partial charge in [-0.3, -0.25) is 5.10 Å². The first-order chi connectivity index (χ1) is 9.24. The van der Waals surface area contributed by atoms with Gasteiger partial charge in [-0.05, 0) is 38.1 Å². The van der Waals surface area contributed by atoms with Gasteiger partial charge in [0.1, 0.15) is 0 Å². The largest absolute Gasteiger partial charge is 0.303 e. The molecular formula is C12H17N5S2. The smallest absolute Gasteiger partial charge is 0.195 e. The van der Waals surface area contributed by atoms with Gasteiger partial charge in [0.05, 0.1) is 9.88 Å². The van der Waals surface area contributed by atoms with E-state index in [2.05, 4.69) is 20.1 Å². The molecule has 7 heteroatoms. The number of aromatic amines is 1. The van der Waals surface area contributed by atoms with Gasteiger partial charge in [0.15, 0.2) is 10.6 Å². The van der Waals surface area contributed by atoms with E-state index in [0.29, 0.717) is 4.77 Å². The normalized spacial score (nSPS) is 16.3. The Balaban J connectivity index is 1.69. The van der Waals surface area contributed by atoms with E-state index in [1.54, 1.807) is 11.3 Å².